The summed E-state index contributed by atoms with van der Waals surface area (Å²) in [5.74, 6) is -1.52. The van der Waals surface area contributed by atoms with Gasteiger partial charge in [-0.2, -0.15) is 11.8 Å². The Bertz CT molecular complexity index is 522. The van der Waals surface area contributed by atoms with Crippen LogP contribution in [0.25, 0.3) is 0 Å². The number of amides is 2. The number of aromatic nitrogens is 2. The van der Waals surface area contributed by atoms with Gasteiger partial charge in [0.25, 0.3) is 0 Å². The third kappa shape index (κ3) is 7.15. The van der Waals surface area contributed by atoms with Gasteiger partial charge in [0.05, 0.1) is 12.4 Å². The third-order valence-corrected chi connectivity index (χ3v) is 3.63. The quantitative estimate of drug-likeness (QED) is 0.355. The molecule has 2 amide bonds. The van der Waals surface area contributed by atoms with Crippen LogP contribution in [-0.4, -0.2) is 63.5 Å². The summed E-state index contributed by atoms with van der Waals surface area (Å²) in [5, 5.41) is 13.4. The lowest BCUT2D eigenvalue weighted by Crippen LogP contribution is -2.52. The molecule has 0 aliphatic rings. The Morgan fingerprint density at radius 3 is 2.74 bits per heavy atom. The van der Waals surface area contributed by atoms with Gasteiger partial charge >= 0.3 is 5.97 Å². The van der Waals surface area contributed by atoms with Crippen molar-refractivity contribution in [2.75, 3.05) is 18.6 Å². The summed E-state index contributed by atoms with van der Waals surface area (Å²) < 4.78 is 0. The molecule has 0 saturated heterocycles. The molecule has 1 rings (SSSR count). The predicted molar refractivity (Wildman–Crippen MR) is 85.8 cm³/mol. The number of imidazole rings is 1. The van der Waals surface area contributed by atoms with Gasteiger partial charge in [-0.05, 0) is 18.4 Å². The second kappa shape index (κ2) is 9.85. The van der Waals surface area contributed by atoms with E-state index in [1.165, 1.54) is 18.1 Å². The molecular formula is C13H21N5O4S. The van der Waals surface area contributed by atoms with Crippen LogP contribution in [0.3, 0.4) is 0 Å². The van der Waals surface area contributed by atoms with E-state index in [-0.39, 0.29) is 6.42 Å². The molecule has 128 valence electrons. The van der Waals surface area contributed by atoms with E-state index in [9.17, 15) is 14.4 Å². The number of hydrogen-bond acceptors (Lipinski definition) is 6. The summed E-state index contributed by atoms with van der Waals surface area (Å²) in [6.45, 7) is -0.495. The van der Waals surface area contributed by atoms with Gasteiger partial charge in [0.1, 0.15) is 12.6 Å². The fourth-order valence-electron chi connectivity index (χ4n) is 1.80. The van der Waals surface area contributed by atoms with Crippen molar-refractivity contribution in [1.29, 1.82) is 0 Å². The molecule has 1 heterocycles. The molecule has 10 heteroatoms. The van der Waals surface area contributed by atoms with Crippen molar-refractivity contribution in [2.45, 2.75) is 24.9 Å². The average Bonchev–Trinajstić information content (AvgIpc) is 3.01. The number of nitrogens with zero attached hydrogens (tertiary/aromatic N) is 1. The van der Waals surface area contributed by atoms with E-state index in [1.807, 2.05) is 6.26 Å². The number of rotatable bonds is 10. The van der Waals surface area contributed by atoms with Gasteiger partial charge in [-0.3, -0.25) is 14.4 Å². The number of thioether (sulfide) groups is 1. The molecule has 0 aliphatic heterocycles. The van der Waals surface area contributed by atoms with E-state index in [0.717, 1.165) is 0 Å². The van der Waals surface area contributed by atoms with Gasteiger partial charge in [-0.15, -0.1) is 0 Å². The van der Waals surface area contributed by atoms with Crippen LogP contribution in [0.4, 0.5) is 0 Å². The normalized spacial score (nSPS) is 13.1. The van der Waals surface area contributed by atoms with E-state index < -0.39 is 36.4 Å². The Morgan fingerprint density at radius 2 is 2.17 bits per heavy atom. The van der Waals surface area contributed by atoms with Crippen LogP contribution < -0.4 is 16.4 Å². The van der Waals surface area contributed by atoms with Gasteiger partial charge < -0.3 is 26.5 Å². The number of carboxylic acids is 1. The maximum absolute atomic E-state index is 12.1. The Kier molecular flexibility index (Phi) is 8.13. The first-order valence-corrected chi connectivity index (χ1v) is 8.35. The minimum atomic E-state index is -1.15. The molecule has 0 unspecified atom stereocenters. The number of hydrogen-bond donors (Lipinski definition) is 5. The minimum Gasteiger partial charge on any atom is -0.480 e. The van der Waals surface area contributed by atoms with Gasteiger partial charge in [0, 0.05) is 18.3 Å². The number of nitrogens with one attached hydrogen (secondary N) is 3. The predicted octanol–water partition coefficient (Wildman–Crippen LogP) is -1.28. The summed E-state index contributed by atoms with van der Waals surface area (Å²) in [6.07, 6.45) is 5.57. The van der Waals surface area contributed by atoms with E-state index in [4.69, 9.17) is 10.8 Å². The summed E-state index contributed by atoms with van der Waals surface area (Å²) in [5.41, 5.74) is 6.53. The fourth-order valence-corrected chi connectivity index (χ4v) is 2.27. The summed E-state index contributed by atoms with van der Waals surface area (Å²) in [7, 11) is 0. The van der Waals surface area contributed by atoms with Crippen molar-refractivity contribution in [1.82, 2.24) is 20.6 Å². The van der Waals surface area contributed by atoms with E-state index in [1.54, 1.807) is 6.20 Å². The SMILES string of the molecule is CSCC[C@H](NC(=O)[C@@H](N)Cc1cnc[nH]1)C(=O)NCC(=O)O. The van der Waals surface area contributed by atoms with Crippen LogP contribution in [0.2, 0.25) is 0 Å². The van der Waals surface area contributed by atoms with Crippen LogP contribution >= 0.6 is 11.8 Å². The number of aliphatic carboxylic acids is 1. The van der Waals surface area contributed by atoms with Crippen molar-refractivity contribution in [3.63, 3.8) is 0 Å². The number of aromatic amines is 1. The molecule has 2 atom stereocenters. The van der Waals surface area contributed by atoms with E-state index in [2.05, 4.69) is 20.6 Å². The van der Waals surface area contributed by atoms with Gasteiger partial charge in [0.15, 0.2) is 0 Å². The first-order chi connectivity index (χ1) is 10.9. The van der Waals surface area contributed by atoms with Gasteiger partial charge in [-0.1, -0.05) is 0 Å². The highest BCUT2D eigenvalue weighted by atomic mass is 32.2. The molecule has 23 heavy (non-hydrogen) atoms. The van der Waals surface area contributed by atoms with Crippen molar-refractivity contribution >= 4 is 29.5 Å². The summed E-state index contributed by atoms with van der Waals surface area (Å²) >= 11 is 1.52. The van der Waals surface area contributed by atoms with Crippen molar-refractivity contribution < 1.29 is 19.5 Å². The topological polar surface area (TPSA) is 150 Å². The standard InChI is InChI=1S/C13H21N5O4S/c1-23-3-2-10(13(22)16-6-11(19)20)18-12(21)9(14)4-8-5-15-7-17-8/h5,7,9-10H,2-4,6,14H2,1H3,(H,15,17)(H,16,22)(H,18,21)(H,19,20)/t9-,10-/m0/s1. The highest BCUT2D eigenvalue weighted by Gasteiger charge is 2.24. The molecular weight excluding hydrogens is 322 g/mol. The molecule has 0 fully saturated rings. The molecule has 0 saturated carbocycles. The van der Waals surface area contributed by atoms with Crippen LogP contribution in [-0.2, 0) is 20.8 Å². The number of carbonyl (C=O) groups excluding carboxylic acids is 2. The zero-order valence-corrected chi connectivity index (χ0v) is 13.6. The van der Waals surface area contributed by atoms with E-state index in [0.29, 0.717) is 17.9 Å². The van der Waals surface area contributed by atoms with Crippen molar-refractivity contribution in [3.8, 4) is 0 Å². The Balaban J connectivity index is 2.58. The molecule has 0 aromatic carbocycles. The van der Waals surface area contributed by atoms with E-state index >= 15 is 0 Å². The highest BCUT2D eigenvalue weighted by molar-refractivity contribution is 7.98. The second-order valence-electron chi connectivity index (χ2n) is 4.84. The lowest BCUT2D eigenvalue weighted by molar-refractivity contribution is -0.138. The monoisotopic (exact) mass is 343 g/mol. The molecule has 1 aromatic heterocycles. The lowest BCUT2D eigenvalue weighted by Gasteiger charge is -2.20. The first kappa shape index (κ1) is 19.0. The van der Waals surface area contributed by atoms with Crippen LogP contribution in [0.1, 0.15) is 12.1 Å². The molecule has 0 bridgehead atoms. The van der Waals surface area contributed by atoms with Crippen molar-refractivity contribution in [2.24, 2.45) is 5.73 Å². The smallest absolute Gasteiger partial charge is 0.322 e. The van der Waals surface area contributed by atoms with Crippen LogP contribution in [0.5, 0.6) is 0 Å². The minimum absolute atomic E-state index is 0.262. The highest BCUT2D eigenvalue weighted by Crippen LogP contribution is 2.03. The zero-order valence-electron chi connectivity index (χ0n) is 12.7. The van der Waals surface area contributed by atoms with Gasteiger partial charge in [0.2, 0.25) is 11.8 Å². The molecule has 6 N–H and O–H groups in total. The Labute approximate surface area is 137 Å². The lowest BCUT2D eigenvalue weighted by atomic mass is 10.1. The number of carboxylic acid groups (broad SMARTS) is 1. The molecule has 9 nitrogen and oxygen atoms in total. The average molecular weight is 343 g/mol. The van der Waals surface area contributed by atoms with Crippen LogP contribution in [0, 0.1) is 0 Å². The Hall–Kier alpha value is -2.07. The maximum atomic E-state index is 12.1. The summed E-state index contributed by atoms with van der Waals surface area (Å²) in [6, 6.07) is -1.65. The molecule has 0 spiro atoms. The first-order valence-electron chi connectivity index (χ1n) is 6.95. The molecule has 1 aromatic rings. The third-order valence-electron chi connectivity index (χ3n) is 2.99. The van der Waals surface area contributed by atoms with Crippen molar-refractivity contribution in [3.05, 3.63) is 18.2 Å². The second-order valence-corrected chi connectivity index (χ2v) is 5.83. The summed E-state index contributed by atoms with van der Waals surface area (Å²) in [4.78, 5) is 41.3. The molecule has 0 aliphatic carbocycles. The Morgan fingerprint density at radius 1 is 1.43 bits per heavy atom. The number of carbonyl (C=O) groups is 3. The zero-order chi connectivity index (χ0) is 17.2. The number of H-pyrrole nitrogens is 1. The fraction of sp³-hybridized carbons (Fsp3) is 0.538. The maximum Gasteiger partial charge on any atom is 0.322 e. The number of nitrogens with two attached hydrogens (primary N) is 1. The van der Waals surface area contributed by atoms with Gasteiger partial charge in [-0.25, -0.2) is 4.98 Å². The van der Waals surface area contributed by atoms with Crippen LogP contribution in [0.15, 0.2) is 12.5 Å². The molecule has 0 radical (unpaired) electrons. The largest absolute Gasteiger partial charge is 0.480 e.